The number of hydrogen-bond acceptors (Lipinski definition) is 1. The third kappa shape index (κ3) is 1.64. The van der Waals surface area contributed by atoms with Crippen molar-refractivity contribution in [1.29, 1.82) is 0 Å². The van der Waals surface area contributed by atoms with Gasteiger partial charge in [0.25, 0.3) is 0 Å². The molecule has 0 N–H and O–H groups in total. The van der Waals surface area contributed by atoms with Crippen molar-refractivity contribution in [3.05, 3.63) is 21.7 Å². The van der Waals surface area contributed by atoms with Crippen LogP contribution in [0, 0.1) is 0 Å². The Morgan fingerprint density at radius 3 is 3.17 bits per heavy atom. The van der Waals surface area contributed by atoms with Gasteiger partial charge in [-0.25, -0.2) is 0 Å². The molecule has 1 heterocycles. The van der Waals surface area contributed by atoms with E-state index in [-0.39, 0.29) is 0 Å². The van der Waals surface area contributed by atoms with Gasteiger partial charge in [0.05, 0.1) is 12.7 Å². The van der Waals surface area contributed by atoms with Gasteiger partial charge >= 0.3 is 0 Å². The number of rotatable bonds is 0. The largest absolute Gasteiger partial charge is 0.374 e. The lowest BCUT2D eigenvalue weighted by atomic mass is 9.91. The standard InChI is InChI=1S/C10H13BrO/c1-7-4-8-2-3-10(11)5-9(8)6-12-7/h3,7H,2,4-6H2,1H3/t7-/m0/s1. The van der Waals surface area contributed by atoms with Crippen molar-refractivity contribution >= 4 is 15.9 Å². The lowest BCUT2D eigenvalue weighted by molar-refractivity contribution is 0.0697. The summed E-state index contributed by atoms with van der Waals surface area (Å²) in [5.41, 5.74) is 3.11. The number of allylic oxidation sites excluding steroid dienone is 2. The number of halogens is 1. The van der Waals surface area contributed by atoms with E-state index < -0.39 is 0 Å². The second-order valence-corrected chi connectivity index (χ2v) is 4.58. The Labute approximate surface area is 81.6 Å². The van der Waals surface area contributed by atoms with Crippen molar-refractivity contribution in [2.45, 2.75) is 32.3 Å². The fourth-order valence-corrected chi connectivity index (χ4v) is 2.31. The average Bonchev–Trinajstić information content (AvgIpc) is 2.05. The van der Waals surface area contributed by atoms with E-state index in [2.05, 4.69) is 28.9 Å². The molecule has 0 amide bonds. The van der Waals surface area contributed by atoms with Gasteiger partial charge in [-0.15, -0.1) is 0 Å². The van der Waals surface area contributed by atoms with Gasteiger partial charge in [-0.2, -0.15) is 0 Å². The third-order valence-electron chi connectivity index (χ3n) is 2.53. The van der Waals surface area contributed by atoms with Crippen LogP contribution in [0.15, 0.2) is 21.7 Å². The Morgan fingerprint density at radius 1 is 1.50 bits per heavy atom. The maximum absolute atomic E-state index is 5.59. The van der Waals surface area contributed by atoms with Gasteiger partial charge in [0.1, 0.15) is 0 Å². The maximum Gasteiger partial charge on any atom is 0.0686 e. The summed E-state index contributed by atoms with van der Waals surface area (Å²) < 4.78 is 6.91. The van der Waals surface area contributed by atoms with Gasteiger partial charge in [-0.1, -0.05) is 27.6 Å². The van der Waals surface area contributed by atoms with Crippen LogP contribution >= 0.6 is 15.9 Å². The fourth-order valence-electron chi connectivity index (χ4n) is 1.81. The summed E-state index contributed by atoms with van der Waals surface area (Å²) in [6.07, 6.45) is 6.03. The van der Waals surface area contributed by atoms with Crippen LogP contribution in [0.4, 0.5) is 0 Å². The summed E-state index contributed by atoms with van der Waals surface area (Å²) in [5.74, 6) is 0. The van der Waals surface area contributed by atoms with Crippen LogP contribution in [-0.2, 0) is 4.74 Å². The Kier molecular flexibility index (Phi) is 2.37. The van der Waals surface area contributed by atoms with Crippen LogP contribution < -0.4 is 0 Å². The SMILES string of the molecule is C[C@H]1CC2=C(CO1)CC(Br)=CC2. The number of ether oxygens (including phenoxy) is 1. The van der Waals surface area contributed by atoms with Crippen molar-refractivity contribution < 1.29 is 4.74 Å². The first-order valence-electron chi connectivity index (χ1n) is 4.41. The highest BCUT2D eigenvalue weighted by Gasteiger charge is 2.20. The highest BCUT2D eigenvalue weighted by atomic mass is 79.9. The van der Waals surface area contributed by atoms with Gasteiger partial charge in [0, 0.05) is 6.42 Å². The van der Waals surface area contributed by atoms with Crippen LogP contribution in [0.3, 0.4) is 0 Å². The Bertz CT molecular complexity index is 253. The first-order valence-corrected chi connectivity index (χ1v) is 5.21. The van der Waals surface area contributed by atoms with Crippen LogP contribution in [0.2, 0.25) is 0 Å². The molecule has 0 radical (unpaired) electrons. The first-order chi connectivity index (χ1) is 5.75. The summed E-state index contributed by atoms with van der Waals surface area (Å²) in [4.78, 5) is 0. The summed E-state index contributed by atoms with van der Waals surface area (Å²) in [6.45, 7) is 3.00. The average molecular weight is 229 g/mol. The third-order valence-corrected chi connectivity index (χ3v) is 3.13. The van der Waals surface area contributed by atoms with Crippen LogP contribution in [0.5, 0.6) is 0 Å². The van der Waals surface area contributed by atoms with E-state index in [1.54, 1.807) is 5.57 Å². The lowest BCUT2D eigenvalue weighted by Gasteiger charge is -2.27. The molecule has 66 valence electrons. The molecule has 1 nitrogen and oxygen atoms in total. The molecular weight excluding hydrogens is 216 g/mol. The van der Waals surface area contributed by atoms with Crippen LogP contribution in [0.25, 0.3) is 0 Å². The normalized spacial score (nSPS) is 29.8. The lowest BCUT2D eigenvalue weighted by Crippen LogP contribution is -2.20. The molecule has 0 spiro atoms. The second-order valence-electron chi connectivity index (χ2n) is 3.56. The van der Waals surface area contributed by atoms with Crippen molar-refractivity contribution in [3.63, 3.8) is 0 Å². The van der Waals surface area contributed by atoms with Crippen molar-refractivity contribution in [3.8, 4) is 0 Å². The summed E-state index contributed by atoms with van der Waals surface area (Å²) in [7, 11) is 0. The van der Waals surface area contributed by atoms with E-state index in [1.165, 1.54) is 10.1 Å². The molecule has 12 heavy (non-hydrogen) atoms. The molecule has 2 heteroatoms. The quantitative estimate of drug-likeness (QED) is 0.579. The van der Waals surface area contributed by atoms with E-state index in [1.807, 2.05) is 0 Å². The van der Waals surface area contributed by atoms with Gasteiger partial charge < -0.3 is 4.74 Å². The molecule has 1 atom stereocenters. The minimum Gasteiger partial charge on any atom is -0.374 e. The Morgan fingerprint density at radius 2 is 2.33 bits per heavy atom. The predicted molar refractivity (Wildman–Crippen MR) is 53.3 cm³/mol. The summed E-state index contributed by atoms with van der Waals surface area (Å²) >= 11 is 3.54. The van der Waals surface area contributed by atoms with E-state index in [9.17, 15) is 0 Å². The number of hydrogen-bond donors (Lipinski definition) is 0. The maximum atomic E-state index is 5.59. The summed E-state index contributed by atoms with van der Waals surface area (Å²) in [6, 6.07) is 0. The smallest absolute Gasteiger partial charge is 0.0686 e. The zero-order chi connectivity index (χ0) is 8.55. The molecule has 0 aromatic heterocycles. The molecule has 0 saturated carbocycles. The minimum absolute atomic E-state index is 0.425. The van der Waals surface area contributed by atoms with E-state index in [4.69, 9.17) is 4.74 Å². The Hall–Kier alpha value is -0.0800. The van der Waals surface area contributed by atoms with E-state index in [0.717, 1.165) is 25.9 Å². The predicted octanol–water partition coefficient (Wildman–Crippen LogP) is 3.16. The minimum atomic E-state index is 0.425. The van der Waals surface area contributed by atoms with E-state index >= 15 is 0 Å². The van der Waals surface area contributed by atoms with E-state index in [0.29, 0.717) is 6.10 Å². The van der Waals surface area contributed by atoms with Gasteiger partial charge in [-0.3, -0.25) is 0 Å². The van der Waals surface area contributed by atoms with Crippen LogP contribution in [0.1, 0.15) is 26.2 Å². The van der Waals surface area contributed by atoms with Crippen molar-refractivity contribution in [2.75, 3.05) is 6.61 Å². The zero-order valence-corrected chi connectivity index (χ0v) is 8.86. The van der Waals surface area contributed by atoms with Gasteiger partial charge in [0.2, 0.25) is 0 Å². The molecule has 1 aliphatic heterocycles. The monoisotopic (exact) mass is 228 g/mol. The molecule has 0 aromatic rings. The molecule has 0 bridgehead atoms. The van der Waals surface area contributed by atoms with Crippen LogP contribution in [-0.4, -0.2) is 12.7 Å². The zero-order valence-electron chi connectivity index (χ0n) is 7.27. The highest BCUT2D eigenvalue weighted by molar-refractivity contribution is 9.11. The molecule has 0 unspecified atom stereocenters. The Balaban J connectivity index is 2.14. The highest BCUT2D eigenvalue weighted by Crippen LogP contribution is 2.33. The molecular formula is C10H13BrO. The fraction of sp³-hybridized carbons (Fsp3) is 0.600. The van der Waals surface area contributed by atoms with Crippen molar-refractivity contribution in [2.24, 2.45) is 0 Å². The van der Waals surface area contributed by atoms with Gasteiger partial charge in [-0.05, 0) is 29.8 Å². The molecule has 1 aliphatic carbocycles. The second kappa shape index (κ2) is 3.35. The van der Waals surface area contributed by atoms with Gasteiger partial charge in [0.15, 0.2) is 0 Å². The molecule has 0 aromatic carbocycles. The molecule has 0 saturated heterocycles. The summed E-state index contributed by atoms with van der Waals surface area (Å²) in [5, 5.41) is 0. The molecule has 2 rings (SSSR count). The first kappa shape index (κ1) is 8.52. The molecule has 0 fully saturated rings. The topological polar surface area (TPSA) is 9.23 Å². The molecule has 2 aliphatic rings. The van der Waals surface area contributed by atoms with Crippen molar-refractivity contribution in [1.82, 2.24) is 0 Å².